The van der Waals surface area contributed by atoms with Crippen molar-refractivity contribution in [2.24, 2.45) is 46.3 Å². The van der Waals surface area contributed by atoms with Crippen LogP contribution in [0.3, 0.4) is 0 Å². The van der Waals surface area contributed by atoms with Gasteiger partial charge in [0.2, 0.25) is 0 Å². The van der Waals surface area contributed by atoms with Crippen LogP contribution >= 0.6 is 0 Å². The van der Waals surface area contributed by atoms with Gasteiger partial charge >= 0.3 is 0 Å². The minimum absolute atomic E-state index is 0.153. The first-order valence-corrected chi connectivity index (χ1v) is 12.6. The Hall–Kier alpha value is -0.630. The molecule has 0 bridgehead atoms. The van der Waals surface area contributed by atoms with Crippen LogP contribution in [-0.2, 0) is 4.79 Å². The first-order chi connectivity index (χ1) is 13.7. The maximum absolute atomic E-state index is 12.0. The molecule has 2 heteroatoms. The van der Waals surface area contributed by atoms with E-state index in [9.17, 15) is 9.90 Å². The van der Waals surface area contributed by atoms with Crippen molar-refractivity contribution in [1.29, 1.82) is 0 Å². The fourth-order valence-corrected chi connectivity index (χ4v) is 8.55. The molecular formula is C27H44O2. The summed E-state index contributed by atoms with van der Waals surface area (Å²) in [5.74, 6) is 4.40. The second-order valence-electron chi connectivity index (χ2n) is 12.1. The van der Waals surface area contributed by atoms with E-state index < -0.39 is 0 Å². The van der Waals surface area contributed by atoms with Gasteiger partial charge < -0.3 is 5.11 Å². The van der Waals surface area contributed by atoms with Crippen molar-refractivity contribution in [3.05, 3.63) is 11.6 Å². The van der Waals surface area contributed by atoms with Crippen LogP contribution in [0.1, 0.15) is 98.8 Å². The van der Waals surface area contributed by atoms with Crippen molar-refractivity contribution in [2.75, 3.05) is 0 Å². The molecule has 0 heterocycles. The lowest BCUT2D eigenvalue weighted by atomic mass is 9.45. The number of aliphatic hydroxyl groups excluding tert-OH is 1. The molecule has 0 aromatic rings. The lowest BCUT2D eigenvalue weighted by Gasteiger charge is -2.60. The molecule has 4 rings (SSSR count). The minimum Gasteiger partial charge on any atom is -0.392 e. The highest BCUT2D eigenvalue weighted by Crippen LogP contribution is 2.67. The van der Waals surface area contributed by atoms with Crippen LogP contribution in [0.4, 0.5) is 0 Å². The highest BCUT2D eigenvalue weighted by atomic mass is 16.3. The first-order valence-electron chi connectivity index (χ1n) is 12.6. The van der Waals surface area contributed by atoms with Crippen molar-refractivity contribution in [3.8, 4) is 0 Å². The van der Waals surface area contributed by atoms with Crippen LogP contribution < -0.4 is 0 Å². The Morgan fingerprint density at radius 3 is 2.55 bits per heavy atom. The highest BCUT2D eigenvalue weighted by Gasteiger charge is 2.61. The van der Waals surface area contributed by atoms with Crippen molar-refractivity contribution in [2.45, 2.75) is 105 Å². The van der Waals surface area contributed by atoms with Crippen LogP contribution in [-0.4, -0.2) is 17.0 Å². The van der Waals surface area contributed by atoms with Gasteiger partial charge in [-0.3, -0.25) is 4.79 Å². The van der Waals surface area contributed by atoms with E-state index in [0.29, 0.717) is 29.6 Å². The number of hydrogen-bond donors (Lipinski definition) is 1. The molecule has 2 nitrogen and oxygen atoms in total. The average Bonchev–Trinajstić information content (AvgIpc) is 3.00. The van der Waals surface area contributed by atoms with E-state index >= 15 is 0 Å². The standard InChI is InChI=1S/C27H44O2/c1-17(2)7-6-8-18(3)21-9-10-22-25-23(12-14-27(21,22)5)26(4)13-11-20(28)15-19(26)16-24(25)29/h15,17-18,21-25,29H,6-14,16H2,1-5H3/t18?,21?,22?,23?,24-,25?,26+,27-/m1/s1. The van der Waals surface area contributed by atoms with Gasteiger partial charge in [0.05, 0.1) is 6.10 Å². The fraction of sp³-hybridized carbons (Fsp3) is 0.889. The molecule has 3 saturated carbocycles. The Morgan fingerprint density at radius 2 is 1.83 bits per heavy atom. The summed E-state index contributed by atoms with van der Waals surface area (Å²) in [6.07, 6.45) is 13.4. The van der Waals surface area contributed by atoms with E-state index in [2.05, 4.69) is 34.6 Å². The van der Waals surface area contributed by atoms with Gasteiger partial charge in [0, 0.05) is 6.42 Å². The Labute approximate surface area is 178 Å². The SMILES string of the molecule is CC(C)CCCC(C)C1CCC2C3C(CC[C@]12C)[C@@]1(C)CCC(=O)C=C1C[C@H]3O. The van der Waals surface area contributed by atoms with Gasteiger partial charge in [-0.2, -0.15) is 0 Å². The predicted octanol–water partition coefficient (Wildman–Crippen LogP) is 6.57. The molecule has 1 N–H and O–H groups in total. The van der Waals surface area contributed by atoms with Gasteiger partial charge in [-0.05, 0) is 90.9 Å². The monoisotopic (exact) mass is 400 g/mol. The topological polar surface area (TPSA) is 37.3 Å². The van der Waals surface area contributed by atoms with E-state index in [-0.39, 0.29) is 17.3 Å². The number of aliphatic hydroxyl groups is 1. The second kappa shape index (κ2) is 7.81. The molecule has 4 aliphatic rings. The molecule has 5 unspecified atom stereocenters. The summed E-state index contributed by atoms with van der Waals surface area (Å²) >= 11 is 0. The summed E-state index contributed by atoms with van der Waals surface area (Å²) in [7, 11) is 0. The van der Waals surface area contributed by atoms with E-state index in [4.69, 9.17) is 0 Å². The van der Waals surface area contributed by atoms with Crippen molar-refractivity contribution in [1.82, 2.24) is 0 Å². The third-order valence-corrected chi connectivity index (χ3v) is 10.2. The molecule has 4 aliphatic carbocycles. The first kappa shape index (κ1) is 21.6. The second-order valence-corrected chi connectivity index (χ2v) is 12.1. The Balaban J connectivity index is 1.54. The molecule has 0 saturated heterocycles. The highest BCUT2D eigenvalue weighted by molar-refractivity contribution is 5.91. The minimum atomic E-state index is -0.246. The van der Waals surface area contributed by atoms with Gasteiger partial charge in [0.15, 0.2) is 5.78 Å². The van der Waals surface area contributed by atoms with Gasteiger partial charge in [-0.15, -0.1) is 0 Å². The summed E-state index contributed by atoms with van der Waals surface area (Å²) in [6, 6.07) is 0. The van der Waals surface area contributed by atoms with Gasteiger partial charge in [0.1, 0.15) is 0 Å². The number of rotatable bonds is 5. The molecule has 0 aliphatic heterocycles. The van der Waals surface area contributed by atoms with E-state index in [1.54, 1.807) is 0 Å². The molecule has 8 atom stereocenters. The fourth-order valence-electron chi connectivity index (χ4n) is 8.55. The van der Waals surface area contributed by atoms with E-state index in [0.717, 1.165) is 30.6 Å². The Bertz CT molecular complexity index is 663. The number of fused-ring (bicyclic) bond motifs is 5. The average molecular weight is 401 g/mol. The lowest BCUT2D eigenvalue weighted by Crippen LogP contribution is -2.55. The van der Waals surface area contributed by atoms with Crippen molar-refractivity contribution in [3.63, 3.8) is 0 Å². The summed E-state index contributed by atoms with van der Waals surface area (Å²) in [5, 5.41) is 11.3. The maximum Gasteiger partial charge on any atom is 0.155 e. The third kappa shape index (κ3) is 3.56. The zero-order valence-electron chi connectivity index (χ0n) is 19.5. The zero-order valence-corrected chi connectivity index (χ0v) is 19.5. The summed E-state index contributed by atoms with van der Waals surface area (Å²) in [6.45, 7) is 12.2. The molecule has 29 heavy (non-hydrogen) atoms. The van der Waals surface area contributed by atoms with Crippen LogP contribution in [0.2, 0.25) is 0 Å². The van der Waals surface area contributed by atoms with E-state index in [1.165, 1.54) is 50.5 Å². The van der Waals surface area contributed by atoms with Gasteiger partial charge in [-0.1, -0.05) is 59.5 Å². The molecule has 0 aromatic heterocycles. The summed E-state index contributed by atoms with van der Waals surface area (Å²) < 4.78 is 0. The number of ketones is 1. The van der Waals surface area contributed by atoms with E-state index in [1.807, 2.05) is 6.08 Å². The molecule has 0 aromatic carbocycles. The molecule has 3 fully saturated rings. The maximum atomic E-state index is 12.0. The molecule has 164 valence electrons. The zero-order chi connectivity index (χ0) is 21.0. The van der Waals surface area contributed by atoms with Crippen molar-refractivity contribution >= 4 is 5.78 Å². The van der Waals surface area contributed by atoms with Gasteiger partial charge in [0.25, 0.3) is 0 Å². The summed E-state index contributed by atoms with van der Waals surface area (Å²) in [4.78, 5) is 12.0. The molecule has 0 radical (unpaired) electrons. The Kier molecular flexibility index (Phi) is 5.82. The van der Waals surface area contributed by atoms with Gasteiger partial charge in [-0.25, -0.2) is 0 Å². The summed E-state index contributed by atoms with van der Waals surface area (Å²) in [5.41, 5.74) is 1.82. The van der Waals surface area contributed by atoms with Crippen LogP contribution in [0, 0.1) is 46.3 Å². The normalized spacial score (nSPS) is 45.4. The predicted molar refractivity (Wildman–Crippen MR) is 119 cm³/mol. The molecular weight excluding hydrogens is 356 g/mol. The molecule has 0 amide bonds. The van der Waals surface area contributed by atoms with Crippen LogP contribution in [0.5, 0.6) is 0 Å². The lowest BCUT2D eigenvalue weighted by molar-refractivity contribution is -0.124. The molecule has 0 spiro atoms. The Morgan fingerprint density at radius 1 is 1.07 bits per heavy atom. The largest absolute Gasteiger partial charge is 0.392 e. The smallest absolute Gasteiger partial charge is 0.155 e. The number of carbonyl (C=O) groups is 1. The third-order valence-electron chi connectivity index (χ3n) is 10.2. The van der Waals surface area contributed by atoms with Crippen LogP contribution in [0.25, 0.3) is 0 Å². The van der Waals surface area contributed by atoms with Crippen molar-refractivity contribution < 1.29 is 9.90 Å². The number of hydrogen-bond acceptors (Lipinski definition) is 2. The van der Waals surface area contributed by atoms with Crippen LogP contribution in [0.15, 0.2) is 11.6 Å². The number of carbonyl (C=O) groups excluding carboxylic acids is 1. The quantitative estimate of drug-likeness (QED) is 0.567.